The molecule has 1 fully saturated rings. The Hall–Kier alpha value is -2.51. The lowest BCUT2D eigenvalue weighted by molar-refractivity contribution is -0.145. The van der Waals surface area contributed by atoms with Crippen molar-refractivity contribution in [3.05, 3.63) is 24.3 Å². The molecule has 0 radical (unpaired) electrons. The lowest BCUT2D eigenvalue weighted by atomic mass is 9.82. The first-order valence-electron chi connectivity index (χ1n) is 9.77. The molecule has 0 aromatic carbocycles. The van der Waals surface area contributed by atoms with Crippen molar-refractivity contribution in [3.8, 4) is 0 Å². The monoisotopic (exact) mass is 390 g/mol. The topological polar surface area (TPSA) is 121 Å². The van der Waals surface area contributed by atoms with Gasteiger partial charge in [0.25, 0.3) is 5.91 Å². The van der Waals surface area contributed by atoms with Gasteiger partial charge < -0.3 is 15.7 Å². The van der Waals surface area contributed by atoms with Gasteiger partial charge in [-0.3, -0.25) is 14.6 Å². The highest BCUT2D eigenvalue weighted by Gasteiger charge is 2.34. The zero-order valence-electron chi connectivity index (χ0n) is 16.8. The van der Waals surface area contributed by atoms with E-state index in [2.05, 4.69) is 20.6 Å². The second-order valence-corrected chi connectivity index (χ2v) is 8.48. The van der Waals surface area contributed by atoms with E-state index in [1.54, 1.807) is 20.8 Å². The summed E-state index contributed by atoms with van der Waals surface area (Å²) in [5, 5.41) is 15.0. The summed E-state index contributed by atoms with van der Waals surface area (Å²) >= 11 is 0. The van der Waals surface area contributed by atoms with Gasteiger partial charge in [0.1, 0.15) is 11.7 Å². The van der Waals surface area contributed by atoms with Crippen LogP contribution in [0.5, 0.6) is 0 Å². The van der Waals surface area contributed by atoms with Crippen molar-refractivity contribution < 1.29 is 19.5 Å². The molecule has 3 N–H and O–H groups in total. The first-order valence-corrected chi connectivity index (χ1v) is 9.77. The van der Waals surface area contributed by atoms with Gasteiger partial charge in [0.05, 0.1) is 6.20 Å². The van der Waals surface area contributed by atoms with Crippen LogP contribution >= 0.6 is 0 Å². The fourth-order valence-corrected chi connectivity index (χ4v) is 3.60. The van der Waals surface area contributed by atoms with Crippen LogP contribution in [0.4, 0.5) is 0 Å². The molecule has 1 saturated carbocycles. The minimum absolute atomic E-state index is 0.0382. The van der Waals surface area contributed by atoms with Crippen LogP contribution in [0, 0.1) is 11.3 Å². The van der Waals surface area contributed by atoms with Gasteiger partial charge in [0.2, 0.25) is 5.91 Å². The van der Waals surface area contributed by atoms with Crippen molar-refractivity contribution in [2.24, 2.45) is 11.3 Å². The SMILES string of the molecule is CC(C)(C)C(NC(=O)CC(NC(=O)c1cnccn1)C1CCCCC1)C(=O)O. The minimum atomic E-state index is -1.07. The highest BCUT2D eigenvalue weighted by atomic mass is 16.4. The van der Waals surface area contributed by atoms with Gasteiger partial charge in [0.15, 0.2) is 0 Å². The molecule has 2 unspecified atom stereocenters. The lowest BCUT2D eigenvalue weighted by Crippen LogP contribution is -2.51. The molecule has 1 aromatic heterocycles. The zero-order chi connectivity index (χ0) is 20.7. The molecule has 2 amide bonds. The van der Waals surface area contributed by atoms with Crippen LogP contribution in [-0.2, 0) is 9.59 Å². The van der Waals surface area contributed by atoms with E-state index in [9.17, 15) is 19.5 Å². The Bertz CT molecular complexity index is 681. The maximum absolute atomic E-state index is 12.6. The number of amides is 2. The van der Waals surface area contributed by atoms with E-state index in [0.29, 0.717) is 0 Å². The summed E-state index contributed by atoms with van der Waals surface area (Å²) < 4.78 is 0. The zero-order valence-corrected chi connectivity index (χ0v) is 16.8. The molecule has 8 nitrogen and oxygen atoms in total. The first kappa shape index (κ1) is 21.8. The molecule has 2 atom stereocenters. The predicted octanol–water partition coefficient (Wildman–Crippen LogP) is 2.16. The predicted molar refractivity (Wildman–Crippen MR) is 103 cm³/mol. The van der Waals surface area contributed by atoms with Crippen LogP contribution in [0.3, 0.4) is 0 Å². The van der Waals surface area contributed by atoms with Gasteiger partial charge in [-0.15, -0.1) is 0 Å². The molecular formula is C20H30N4O4. The fourth-order valence-electron chi connectivity index (χ4n) is 3.60. The van der Waals surface area contributed by atoms with E-state index in [1.807, 2.05) is 0 Å². The Morgan fingerprint density at radius 2 is 1.82 bits per heavy atom. The standard InChI is InChI=1S/C20H30N4O4/c1-20(2,3)17(19(27)28)24-16(25)11-14(13-7-5-4-6-8-13)23-18(26)15-12-21-9-10-22-15/h9-10,12-14,17H,4-8,11H2,1-3H3,(H,23,26)(H,24,25)(H,27,28). The van der Waals surface area contributed by atoms with E-state index in [-0.39, 0.29) is 35.9 Å². The van der Waals surface area contributed by atoms with Gasteiger partial charge >= 0.3 is 5.97 Å². The van der Waals surface area contributed by atoms with Crippen molar-refractivity contribution in [2.75, 3.05) is 0 Å². The normalized spacial score (nSPS) is 17.4. The number of aliphatic carboxylic acids is 1. The van der Waals surface area contributed by atoms with Crippen LogP contribution in [0.1, 0.15) is 69.8 Å². The summed E-state index contributed by atoms with van der Waals surface area (Å²) in [4.78, 5) is 44.6. The Balaban J connectivity index is 2.09. The molecule has 0 aliphatic heterocycles. The van der Waals surface area contributed by atoms with Crippen LogP contribution in [0.25, 0.3) is 0 Å². The third kappa shape index (κ3) is 6.28. The number of nitrogens with one attached hydrogen (secondary N) is 2. The fraction of sp³-hybridized carbons (Fsp3) is 0.650. The number of carboxylic acids is 1. The van der Waals surface area contributed by atoms with E-state index in [1.165, 1.54) is 18.6 Å². The molecule has 2 rings (SSSR count). The molecule has 0 bridgehead atoms. The number of rotatable bonds is 7. The molecule has 0 spiro atoms. The first-order chi connectivity index (χ1) is 13.2. The highest BCUT2D eigenvalue weighted by Crippen LogP contribution is 2.28. The summed E-state index contributed by atoms with van der Waals surface area (Å²) in [6, 6.07) is -1.37. The third-order valence-corrected chi connectivity index (χ3v) is 5.15. The molecule has 1 aromatic rings. The van der Waals surface area contributed by atoms with Gasteiger partial charge in [-0.1, -0.05) is 40.0 Å². The number of carboxylic acid groups (broad SMARTS) is 1. The van der Waals surface area contributed by atoms with E-state index < -0.39 is 17.4 Å². The Labute approximate surface area is 165 Å². The molecule has 1 aliphatic carbocycles. The Morgan fingerprint density at radius 1 is 1.14 bits per heavy atom. The average Bonchev–Trinajstić information content (AvgIpc) is 2.65. The molecule has 154 valence electrons. The van der Waals surface area contributed by atoms with Crippen LogP contribution in [0.2, 0.25) is 0 Å². The van der Waals surface area contributed by atoms with Crippen LogP contribution in [-0.4, -0.2) is 44.9 Å². The second-order valence-electron chi connectivity index (χ2n) is 8.48. The number of hydrogen-bond acceptors (Lipinski definition) is 5. The lowest BCUT2D eigenvalue weighted by Gasteiger charge is -2.32. The van der Waals surface area contributed by atoms with Crippen molar-refractivity contribution in [1.29, 1.82) is 0 Å². The number of hydrogen-bond donors (Lipinski definition) is 3. The van der Waals surface area contributed by atoms with Gasteiger partial charge in [-0.05, 0) is 24.2 Å². The molecule has 0 saturated heterocycles. The van der Waals surface area contributed by atoms with Crippen LogP contribution in [0.15, 0.2) is 18.6 Å². The highest BCUT2D eigenvalue weighted by molar-refractivity contribution is 5.92. The van der Waals surface area contributed by atoms with Crippen LogP contribution < -0.4 is 10.6 Å². The smallest absolute Gasteiger partial charge is 0.326 e. The summed E-state index contributed by atoms with van der Waals surface area (Å²) in [5.74, 6) is -1.64. The Kier molecular flexibility index (Phi) is 7.48. The summed E-state index contributed by atoms with van der Waals surface area (Å²) in [5.41, 5.74) is -0.424. The van der Waals surface area contributed by atoms with Gasteiger partial charge in [-0.2, -0.15) is 0 Å². The third-order valence-electron chi connectivity index (χ3n) is 5.15. The number of carbonyl (C=O) groups excluding carboxylic acids is 2. The number of nitrogens with zero attached hydrogens (tertiary/aromatic N) is 2. The number of aromatic nitrogens is 2. The second kappa shape index (κ2) is 9.61. The quantitative estimate of drug-likeness (QED) is 0.656. The summed E-state index contributed by atoms with van der Waals surface area (Å²) in [6.07, 6.45) is 9.48. The van der Waals surface area contributed by atoms with Crippen molar-refractivity contribution in [2.45, 2.75) is 71.4 Å². The maximum Gasteiger partial charge on any atom is 0.326 e. The minimum Gasteiger partial charge on any atom is -0.480 e. The molecule has 1 heterocycles. The largest absolute Gasteiger partial charge is 0.480 e. The van der Waals surface area contributed by atoms with E-state index >= 15 is 0 Å². The van der Waals surface area contributed by atoms with Crippen molar-refractivity contribution in [1.82, 2.24) is 20.6 Å². The number of carbonyl (C=O) groups is 3. The van der Waals surface area contributed by atoms with Gasteiger partial charge in [-0.25, -0.2) is 9.78 Å². The maximum atomic E-state index is 12.6. The molecule has 1 aliphatic rings. The average molecular weight is 390 g/mol. The van der Waals surface area contributed by atoms with Crippen molar-refractivity contribution in [3.63, 3.8) is 0 Å². The summed E-state index contributed by atoms with van der Waals surface area (Å²) in [7, 11) is 0. The Morgan fingerprint density at radius 3 is 2.36 bits per heavy atom. The molecular weight excluding hydrogens is 360 g/mol. The van der Waals surface area contributed by atoms with E-state index in [4.69, 9.17) is 0 Å². The van der Waals surface area contributed by atoms with Crippen molar-refractivity contribution >= 4 is 17.8 Å². The summed E-state index contributed by atoms with van der Waals surface area (Å²) in [6.45, 7) is 5.29. The van der Waals surface area contributed by atoms with E-state index in [0.717, 1.165) is 32.1 Å². The van der Waals surface area contributed by atoms with Gasteiger partial charge in [0, 0.05) is 24.9 Å². The molecule has 8 heteroatoms. The molecule has 28 heavy (non-hydrogen) atoms.